The molecule has 0 amide bonds. The van der Waals surface area contributed by atoms with E-state index < -0.39 is 0 Å². The first-order valence-electron chi connectivity index (χ1n) is 7.29. The molecule has 1 unspecified atom stereocenters. The summed E-state index contributed by atoms with van der Waals surface area (Å²) in [7, 11) is 0. The monoisotopic (exact) mass is 259 g/mol. The van der Waals surface area contributed by atoms with Crippen LogP contribution in [0.1, 0.15) is 44.0 Å². The lowest BCUT2D eigenvalue weighted by Crippen LogP contribution is -2.40. The number of hydrogen-bond acceptors (Lipinski definition) is 2. The van der Waals surface area contributed by atoms with Crippen LogP contribution in [0.15, 0.2) is 30.3 Å². The summed E-state index contributed by atoms with van der Waals surface area (Å²) in [5, 5.41) is 0. The molecule has 0 aliphatic carbocycles. The number of benzene rings is 1. The lowest BCUT2D eigenvalue weighted by Gasteiger charge is -2.37. The van der Waals surface area contributed by atoms with E-state index in [2.05, 4.69) is 25.7 Å². The van der Waals surface area contributed by atoms with Crippen LogP contribution in [0.2, 0.25) is 0 Å². The van der Waals surface area contributed by atoms with Crippen molar-refractivity contribution in [1.29, 1.82) is 0 Å². The maximum atomic E-state index is 12.3. The van der Waals surface area contributed by atoms with E-state index >= 15 is 0 Å². The third-order valence-electron chi connectivity index (χ3n) is 4.25. The predicted octanol–water partition coefficient (Wildman–Crippen LogP) is 3.63. The van der Waals surface area contributed by atoms with Gasteiger partial charge < -0.3 is 4.90 Å². The Morgan fingerprint density at radius 1 is 1.21 bits per heavy atom. The van der Waals surface area contributed by atoms with E-state index in [1.807, 2.05) is 30.3 Å². The van der Waals surface area contributed by atoms with Crippen LogP contribution in [-0.4, -0.2) is 30.3 Å². The van der Waals surface area contributed by atoms with E-state index in [1.54, 1.807) is 0 Å². The van der Waals surface area contributed by atoms with E-state index in [0.29, 0.717) is 5.41 Å². The van der Waals surface area contributed by atoms with Crippen LogP contribution in [0.4, 0.5) is 0 Å². The van der Waals surface area contributed by atoms with Crippen molar-refractivity contribution in [2.45, 2.75) is 33.6 Å². The lowest BCUT2D eigenvalue weighted by atomic mass is 9.82. The fourth-order valence-corrected chi connectivity index (χ4v) is 2.70. The van der Waals surface area contributed by atoms with Gasteiger partial charge in [0, 0.05) is 18.0 Å². The highest BCUT2D eigenvalue weighted by molar-refractivity contribution is 5.97. The second kappa shape index (κ2) is 5.87. The highest BCUT2D eigenvalue weighted by Crippen LogP contribution is 2.30. The van der Waals surface area contributed by atoms with Crippen molar-refractivity contribution in [2.75, 3.05) is 19.6 Å². The Labute approximate surface area is 116 Å². The van der Waals surface area contributed by atoms with Gasteiger partial charge in [-0.2, -0.15) is 0 Å². The van der Waals surface area contributed by atoms with E-state index in [9.17, 15) is 4.79 Å². The molecule has 0 bridgehead atoms. The van der Waals surface area contributed by atoms with Crippen molar-refractivity contribution in [3.63, 3.8) is 0 Å². The van der Waals surface area contributed by atoms with Crippen LogP contribution in [0.3, 0.4) is 0 Å². The Bertz CT molecular complexity index is 414. The molecule has 1 atom stereocenters. The molecule has 0 aromatic heterocycles. The van der Waals surface area contributed by atoms with Crippen molar-refractivity contribution in [1.82, 2.24) is 4.90 Å². The molecule has 1 aromatic rings. The number of rotatable bonds is 4. The number of Topliss-reactive ketones (excluding diaryl/α,β-unsaturated/α-hetero) is 1. The number of hydrogen-bond donors (Lipinski definition) is 0. The third-order valence-corrected chi connectivity index (χ3v) is 4.25. The van der Waals surface area contributed by atoms with Crippen LogP contribution < -0.4 is 0 Å². The molecule has 2 heteroatoms. The van der Waals surface area contributed by atoms with Crippen molar-refractivity contribution in [3.05, 3.63) is 35.9 Å². The van der Waals surface area contributed by atoms with Gasteiger partial charge in [-0.15, -0.1) is 0 Å². The maximum absolute atomic E-state index is 12.3. The molecule has 1 fully saturated rings. The van der Waals surface area contributed by atoms with Gasteiger partial charge in [0.1, 0.15) is 0 Å². The standard InChI is InChI=1S/C17H25NO/c1-14(16(19)15-7-5-4-6-8-15)13-18-11-9-17(2,3)10-12-18/h4-8,14H,9-13H2,1-3H3. The molecule has 0 spiro atoms. The Balaban J connectivity index is 1.88. The molecule has 1 aliphatic heterocycles. The summed E-state index contributed by atoms with van der Waals surface area (Å²) in [5.41, 5.74) is 1.32. The highest BCUT2D eigenvalue weighted by atomic mass is 16.1. The SMILES string of the molecule is CC(CN1CCC(C)(C)CC1)C(=O)c1ccccc1. The summed E-state index contributed by atoms with van der Waals surface area (Å²) in [5.74, 6) is 0.356. The minimum absolute atomic E-state index is 0.0867. The van der Waals surface area contributed by atoms with Crippen molar-refractivity contribution in [3.8, 4) is 0 Å². The number of carbonyl (C=O) groups excluding carboxylic acids is 1. The molecular weight excluding hydrogens is 234 g/mol. The second-order valence-electron chi connectivity index (χ2n) is 6.60. The molecule has 1 saturated heterocycles. The van der Waals surface area contributed by atoms with Crippen LogP contribution >= 0.6 is 0 Å². The van der Waals surface area contributed by atoms with Gasteiger partial charge in [0.05, 0.1) is 0 Å². The third kappa shape index (κ3) is 3.90. The summed E-state index contributed by atoms with van der Waals surface area (Å²) < 4.78 is 0. The van der Waals surface area contributed by atoms with Gasteiger partial charge in [-0.3, -0.25) is 4.79 Å². The maximum Gasteiger partial charge on any atom is 0.166 e. The minimum atomic E-state index is 0.0867. The number of ketones is 1. The fourth-order valence-electron chi connectivity index (χ4n) is 2.70. The number of piperidine rings is 1. The van der Waals surface area contributed by atoms with Gasteiger partial charge in [-0.25, -0.2) is 0 Å². The first-order chi connectivity index (χ1) is 8.98. The topological polar surface area (TPSA) is 20.3 Å². The highest BCUT2D eigenvalue weighted by Gasteiger charge is 2.27. The fraction of sp³-hybridized carbons (Fsp3) is 0.588. The van der Waals surface area contributed by atoms with Gasteiger partial charge in [0.2, 0.25) is 0 Å². The van der Waals surface area contributed by atoms with Gasteiger partial charge in [0.25, 0.3) is 0 Å². The van der Waals surface area contributed by atoms with Crippen LogP contribution in [0.5, 0.6) is 0 Å². The zero-order valence-corrected chi connectivity index (χ0v) is 12.4. The summed E-state index contributed by atoms with van der Waals surface area (Å²) in [6.07, 6.45) is 2.47. The smallest absolute Gasteiger partial charge is 0.166 e. The molecule has 1 aliphatic rings. The van der Waals surface area contributed by atoms with Gasteiger partial charge >= 0.3 is 0 Å². The van der Waals surface area contributed by atoms with Crippen molar-refractivity contribution >= 4 is 5.78 Å². The van der Waals surface area contributed by atoms with Crippen LogP contribution in [0, 0.1) is 11.3 Å². The Morgan fingerprint density at radius 3 is 2.37 bits per heavy atom. The zero-order chi connectivity index (χ0) is 13.9. The quantitative estimate of drug-likeness (QED) is 0.770. The minimum Gasteiger partial charge on any atom is -0.303 e. The number of likely N-dealkylation sites (tertiary alicyclic amines) is 1. The molecule has 1 aromatic carbocycles. The summed E-state index contributed by atoms with van der Waals surface area (Å²) in [6.45, 7) is 9.86. The Kier molecular flexibility index (Phi) is 4.41. The zero-order valence-electron chi connectivity index (χ0n) is 12.4. The Hall–Kier alpha value is -1.15. The normalized spacial score (nSPS) is 21.0. The average Bonchev–Trinajstić information content (AvgIpc) is 2.41. The Morgan fingerprint density at radius 2 is 1.79 bits per heavy atom. The number of carbonyl (C=O) groups is 1. The van der Waals surface area contributed by atoms with Gasteiger partial charge in [-0.1, -0.05) is 51.1 Å². The second-order valence-corrected chi connectivity index (χ2v) is 6.60. The largest absolute Gasteiger partial charge is 0.303 e. The molecular formula is C17H25NO. The van der Waals surface area contributed by atoms with E-state index in [4.69, 9.17) is 0 Å². The molecule has 2 nitrogen and oxygen atoms in total. The summed E-state index contributed by atoms with van der Waals surface area (Å²) in [4.78, 5) is 14.8. The van der Waals surface area contributed by atoms with E-state index in [-0.39, 0.29) is 11.7 Å². The predicted molar refractivity (Wildman–Crippen MR) is 79.4 cm³/mol. The van der Waals surface area contributed by atoms with Crippen LogP contribution in [-0.2, 0) is 0 Å². The van der Waals surface area contributed by atoms with E-state index in [0.717, 1.165) is 25.2 Å². The van der Waals surface area contributed by atoms with Crippen LogP contribution in [0.25, 0.3) is 0 Å². The molecule has 1 heterocycles. The van der Waals surface area contributed by atoms with Crippen molar-refractivity contribution < 1.29 is 4.79 Å². The van der Waals surface area contributed by atoms with E-state index in [1.165, 1.54) is 12.8 Å². The molecule has 2 rings (SSSR count). The molecule has 19 heavy (non-hydrogen) atoms. The summed E-state index contributed by atoms with van der Waals surface area (Å²) >= 11 is 0. The molecule has 0 N–H and O–H groups in total. The number of nitrogens with zero attached hydrogens (tertiary/aromatic N) is 1. The first-order valence-corrected chi connectivity index (χ1v) is 7.29. The molecule has 0 radical (unpaired) electrons. The lowest BCUT2D eigenvalue weighted by molar-refractivity contribution is 0.0830. The first kappa shape index (κ1) is 14.3. The average molecular weight is 259 g/mol. The molecule has 104 valence electrons. The molecule has 0 saturated carbocycles. The van der Waals surface area contributed by atoms with Crippen molar-refractivity contribution in [2.24, 2.45) is 11.3 Å². The summed E-state index contributed by atoms with van der Waals surface area (Å²) in [6, 6.07) is 9.65. The van der Waals surface area contributed by atoms with Gasteiger partial charge in [0.15, 0.2) is 5.78 Å². The van der Waals surface area contributed by atoms with Gasteiger partial charge in [-0.05, 0) is 31.3 Å².